The second kappa shape index (κ2) is 8.96. The van der Waals surface area contributed by atoms with Crippen LogP contribution < -0.4 is 0 Å². The van der Waals surface area contributed by atoms with Crippen LogP contribution in [0.25, 0.3) is 22.5 Å². The first-order valence-electron chi connectivity index (χ1n) is 10.4. The minimum atomic E-state index is -0.921. The van der Waals surface area contributed by atoms with Crippen molar-refractivity contribution < 1.29 is 9.90 Å². The van der Waals surface area contributed by atoms with Crippen molar-refractivity contribution in [3.8, 4) is 22.5 Å². The Morgan fingerprint density at radius 3 is 2.26 bits per heavy atom. The molecule has 1 heterocycles. The molecule has 3 aromatic carbocycles. The van der Waals surface area contributed by atoms with Gasteiger partial charge in [-0.05, 0) is 28.7 Å². The molecule has 5 heteroatoms. The smallest absolute Gasteiger partial charge is 0.336 e. The van der Waals surface area contributed by atoms with Crippen molar-refractivity contribution >= 4 is 5.97 Å². The van der Waals surface area contributed by atoms with E-state index in [4.69, 9.17) is 10.1 Å². The molecule has 0 aliphatic heterocycles. The van der Waals surface area contributed by atoms with Gasteiger partial charge in [-0.1, -0.05) is 86.6 Å². The Bertz CT molecular complexity index is 1180. The fraction of sp³-hybridized carbons (Fsp3) is 0.192. The second-order valence-corrected chi connectivity index (χ2v) is 8.02. The standard InChI is InChI=1S/C26H25N3O2/c1-18(2)17-29-24(27-25(28-29)21-8-4-3-5-9-21)16-19-12-14-20(15-13-19)22-10-6-7-11-23(22)26(30)31/h3-15,18H,16-17H2,1-2H3,(H,30,31). The van der Waals surface area contributed by atoms with E-state index in [1.807, 2.05) is 71.4 Å². The zero-order valence-electron chi connectivity index (χ0n) is 17.7. The molecule has 0 saturated heterocycles. The highest BCUT2D eigenvalue weighted by molar-refractivity contribution is 5.95. The lowest BCUT2D eigenvalue weighted by Gasteiger charge is -2.10. The lowest BCUT2D eigenvalue weighted by molar-refractivity contribution is 0.0697. The Morgan fingerprint density at radius 1 is 0.903 bits per heavy atom. The first-order valence-corrected chi connectivity index (χ1v) is 10.4. The number of hydrogen-bond donors (Lipinski definition) is 1. The van der Waals surface area contributed by atoms with Crippen molar-refractivity contribution in [1.29, 1.82) is 0 Å². The Labute approximate surface area is 182 Å². The Hall–Kier alpha value is -3.73. The molecule has 0 radical (unpaired) electrons. The van der Waals surface area contributed by atoms with Crippen molar-refractivity contribution in [2.75, 3.05) is 0 Å². The Balaban J connectivity index is 1.62. The van der Waals surface area contributed by atoms with E-state index >= 15 is 0 Å². The SMILES string of the molecule is CC(C)Cn1nc(-c2ccccc2)nc1Cc1ccc(-c2ccccc2C(=O)O)cc1. The molecule has 4 rings (SSSR count). The van der Waals surface area contributed by atoms with Crippen molar-refractivity contribution in [2.24, 2.45) is 5.92 Å². The van der Waals surface area contributed by atoms with E-state index in [1.165, 1.54) is 0 Å². The van der Waals surface area contributed by atoms with Crippen LogP contribution in [-0.4, -0.2) is 25.8 Å². The molecule has 0 fully saturated rings. The maximum absolute atomic E-state index is 11.5. The number of benzene rings is 3. The van der Waals surface area contributed by atoms with Gasteiger partial charge in [0.25, 0.3) is 0 Å². The predicted molar refractivity (Wildman–Crippen MR) is 122 cm³/mol. The number of carbonyl (C=O) groups is 1. The van der Waals surface area contributed by atoms with Gasteiger partial charge in [0.2, 0.25) is 0 Å². The topological polar surface area (TPSA) is 68.0 Å². The normalized spacial score (nSPS) is 11.1. The maximum atomic E-state index is 11.5. The van der Waals surface area contributed by atoms with E-state index in [1.54, 1.807) is 12.1 Å². The third-order valence-corrected chi connectivity index (χ3v) is 5.10. The number of nitrogens with zero attached hydrogens (tertiary/aromatic N) is 3. The van der Waals surface area contributed by atoms with Gasteiger partial charge in [-0.15, -0.1) is 0 Å². The Morgan fingerprint density at radius 2 is 1.58 bits per heavy atom. The van der Waals surface area contributed by atoms with Gasteiger partial charge < -0.3 is 5.11 Å². The average molecular weight is 412 g/mol. The lowest BCUT2D eigenvalue weighted by atomic mass is 9.98. The zero-order valence-corrected chi connectivity index (χ0v) is 17.7. The van der Waals surface area contributed by atoms with Gasteiger partial charge in [-0.25, -0.2) is 14.5 Å². The number of aromatic nitrogens is 3. The second-order valence-electron chi connectivity index (χ2n) is 8.02. The van der Waals surface area contributed by atoms with Crippen LogP contribution in [0.4, 0.5) is 0 Å². The fourth-order valence-electron chi connectivity index (χ4n) is 3.61. The molecule has 0 aliphatic carbocycles. The van der Waals surface area contributed by atoms with Crippen molar-refractivity contribution in [1.82, 2.24) is 14.8 Å². The average Bonchev–Trinajstić information content (AvgIpc) is 3.16. The minimum Gasteiger partial charge on any atom is -0.478 e. The fourth-order valence-corrected chi connectivity index (χ4v) is 3.61. The van der Waals surface area contributed by atoms with Crippen LogP contribution in [0.1, 0.15) is 35.6 Å². The van der Waals surface area contributed by atoms with E-state index in [-0.39, 0.29) is 0 Å². The predicted octanol–water partition coefficient (Wildman–Crippen LogP) is 5.56. The number of carboxylic acids is 1. The maximum Gasteiger partial charge on any atom is 0.336 e. The molecule has 1 N–H and O–H groups in total. The van der Waals surface area contributed by atoms with Gasteiger partial charge in [-0.3, -0.25) is 0 Å². The van der Waals surface area contributed by atoms with Crippen LogP contribution in [-0.2, 0) is 13.0 Å². The van der Waals surface area contributed by atoms with Crippen LogP contribution in [0.15, 0.2) is 78.9 Å². The summed E-state index contributed by atoms with van der Waals surface area (Å²) in [6.45, 7) is 5.14. The summed E-state index contributed by atoms with van der Waals surface area (Å²) in [4.78, 5) is 16.4. The van der Waals surface area contributed by atoms with Crippen LogP contribution >= 0.6 is 0 Å². The lowest BCUT2D eigenvalue weighted by Crippen LogP contribution is -2.10. The molecule has 0 amide bonds. The summed E-state index contributed by atoms with van der Waals surface area (Å²) in [6, 6.07) is 25.1. The van der Waals surface area contributed by atoms with E-state index < -0.39 is 5.97 Å². The van der Waals surface area contributed by atoms with Gasteiger partial charge >= 0.3 is 5.97 Å². The number of aromatic carboxylic acids is 1. The van der Waals surface area contributed by atoms with Gasteiger partial charge in [0.05, 0.1) is 5.56 Å². The van der Waals surface area contributed by atoms with E-state index in [0.29, 0.717) is 17.9 Å². The molecule has 156 valence electrons. The monoisotopic (exact) mass is 411 g/mol. The molecule has 0 spiro atoms. The summed E-state index contributed by atoms with van der Waals surface area (Å²) in [5.74, 6) is 1.20. The number of carboxylic acid groups (broad SMARTS) is 1. The zero-order chi connectivity index (χ0) is 21.8. The summed E-state index contributed by atoms with van der Waals surface area (Å²) in [5.41, 5.74) is 4.02. The highest BCUT2D eigenvalue weighted by Gasteiger charge is 2.14. The Kier molecular flexibility index (Phi) is 5.94. The van der Waals surface area contributed by atoms with Crippen LogP contribution in [0, 0.1) is 5.92 Å². The van der Waals surface area contributed by atoms with Crippen LogP contribution in [0.5, 0.6) is 0 Å². The first kappa shape index (κ1) is 20.5. The van der Waals surface area contributed by atoms with E-state index in [9.17, 15) is 9.90 Å². The molecular formula is C26H25N3O2. The molecule has 0 unspecified atom stereocenters. The summed E-state index contributed by atoms with van der Waals surface area (Å²) in [6.07, 6.45) is 0.660. The highest BCUT2D eigenvalue weighted by atomic mass is 16.4. The number of hydrogen-bond acceptors (Lipinski definition) is 3. The van der Waals surface area contributed by atoms with E-state index in [2.05, 4.69) is 13.8 Å². The molecule has 31 heavy (non-hydrogen) atoms. The quantitative estimate of drug-likeness (QED) is 0.432. The third kappa shape index (κ3) is 4.72. The van der Waals surface area contributed by atoms with Gasteiger partial charge in [0, 0.05) is 18.5 Å². The summed E-state index contributed by atoms with van der Waals surface area (Å²) in [5, 5.41) is 14.2. The summed E-state index contributed by atoms with van der Waals surface area (Å²) < 4.78 is 2.00. The molecule has 0 saturated carbocycles. The molecule has 0 aliphatic rings. The molecule has 0 bridgehead atoms. The molecular weight excluding hydrogens is 386 g/mol. The highest BCUT2D eigenvalue weighted by Crippen LogP contribution is 2.25. The van der Waals surface area contributed by atoms with Crippen LogP contribution in [0.2, 0.25) is 0 Å². The summed E-state index contributed by atoms with van der Waals surface area (Å²) in [7, 11) is 0. The van der Waals surface area contributed by atoms with Gasteiger partial charge in [0.15, 0.2) is 5.82 Å². The van der Waals surface area contributed by atoms with E-state index in [0.717, 1.165) is 40.4 Å². The summed E-state index contributed by atoms with van der Waals surface area (Å²) >= 11 is 0. The molecule has 5 nitrogen and oxygen atoms in total. The number of rotatable bonds is 7. The van der Waals surface area contributed by atoms with Crippen molar-refractivity contribution in [2.45, 2.75) is 26.8 Å². The minimum absolute atomic E-state index is 0.305. The first-order chi connectivity index (χ1) is 15.0. The van der Waals surface area contributed by atoms with Gasteiger partial charge in [-0.2, -0.15) is 5.10 Å². The molecule has 0 atom stereocenters. The molecule has 4 aromatic rings. The third-order valence-electron chi connectivity index (χ3n) is 5.10. The van der Waals surface area contributed by atoms with Crippen molar-refractivity contribution in [3.63, 3.8) is 0 Å². The van der Waals surface area contributed by atoms with Gasteiger partial charge in [0.1, 0.15) is 5.82 Å². The van der Waals surface area contributed by atoms with Crippen LogP contribution in [0.3, 0.4) is 0 Å². The van der Waals surface area contributed by atoms with Crippen molar-refractivity contribution in [3.05, 3.63) is 95.8 Å². The molecule has 1 aromatic heterocycles. The largest absolute Gasteiger partial charge is 0.478 e.